The van der Waals surface area contributed by atoms with Gasteiger partial charge in [-0.2, -0.15) is 0 Å². The lowest BCUT2D eigenvalue weighted by Crippen LogP contribution is -2.25. The second kappa shape index (κ2) is 2.59. The molecule has 0 fully saturated rings. The van der Waals surface area contributed by atoms with Gasteiger partial charge in [-0.05, 0) is 11.5 Å². The van der Waals surface area contributed by atoms with Crippen molar-refractivity contribution in [2.24, 2.45) is 0 Å². The van der Waals surface area contributed by atoms with E-state index in [1.54, 1.807) is 0 Å². The lowest BCUT2D eigenvalue weighted by Gasteiger charge is -2.12. The third-order valence-corrected chi connectivity index (χ3v) is 2.26. The predicted molar refractivity (Wildman–Crippen MR) is 51.8 cm³/mol. The van der Waals surface area contributed by atoms with Gasteiger partial charge < -0.3 is 0 Å². The molecule has 0 N–H and O–H groups in total. The highest BCUT2D eigenvalue weighted by molar-refractivity contribution is 5.13. The average Bonchev–Trinajstić information content (AvgIpc) is 2.45. The summed E-state index contributed by atoms with van der Waals surface area (Å²) < 4.78 is 4.17. The molecule has 0 spiro atoms. The van der Waals surface area contributed by atoms with Crippen molar-refractivity contribution in [1.82, 2.24) is 4.52 Å². The fourth-order valence-corrected chi connectivity index (χ4v) is 1.35. The Kier molecular flexibility index (Phi) is 1.65. The summed E-state index contributed by atoms with van der Waals surface area (Å²) in [5.74, 6) is 0. The van der Waals surface area contributed by atoms with Gasteiger partial charge in [-0.3, -0.25) is 0 Å². The van der Waals surface area contributed by atoms with Crippen molar-refractivity contribution < 1.29 is 4.52 Å². The van der Waals surface area contributed by atoms with Crippen molar-refractivity contribution in [2.75, 3.05) is 0 Å². The summed E-state index contributed by atoms with van der Waals surface area (Å²) >= 11 is 0. The Balaban J connectivity index is 2.63. The maximum Gasteiger partial charge on any atom is 0.205 e. The molecule has 0 aromatic carbocycles. The van der Waals surface area contributed by atoms with Gasteiger partial charge in [0, 0.05) is 11.6 Å². The van der Waals surface area contributed by atoms with Crippen LogP contribution in [-0.2, 0) is 5.41 Å². The standard InChI is InChI=1S/C11H15N2/c1-11(2,3)10-8-12-6-4-5-7-13(12)9-10/h4-9H,1-3H3/q+1. The molecule has 2 aromatic rings. The molecule has 13 heavy (non-hydrogen) atoms. The van der Waals surface area contributed by atoms with Crippen molar-refractivity contribution in [3.63, 3.8) is 0 Å². The number of fused-ring (bicyclic) bond motifs is 1. The van der Waals surface area contributed by atoms with Gasteiger partial charge in [-0.15, -0.1) is 4.52 Å². The SMILES string of the molecule is CC(C)(C)c1cn2cccc[n+]2c1. The molecule has 2 heterocycles. The minimum atomic E-state index is 0.221. The Hall–Kier alpha value is -1.31. The Morgan fingerprint density at radius 2 is 2.00 bits per heavy atom. The fraction of sp³-hybridized carbons (Fsp3) is 0.364. The molecule has 2 rings (SSSR count). The second-order valence-corrected chi connectivity index (χ2v) is 4.41. The van der Waals surface area contributed by atoms with Crippen LogP contribution in [0.2, 0.25) is 0 Å². The Labute approximate surface area is 78.4 Å². The van der Waals surface area contributed by atoms with Gasteiger partial charge in [0.2, 0.25) is 12.4 Å². The maximum atomic E-state index is 2.22. The molecule has 68 valence electrons. The van der Waals surface area contributed by atoms with E-state index in [1.807, 2.05) is 12.1 Å². The first kappa shape index (κ1) is 8.30. The summed E-state index contributed by atoms with van der Waals surface area (Å²) in [5, 5.41) is 0. The van der Waals surface area contributed by atoms with Crippen LogP contribution in [0.4, 0.5) is 0 Å². The molecule has 0 bridgehead atoms. The second-order valence-electron chi connectivity index (χ2n) is 4.41. The molecule has 0 amide bonds. The third-order valence-electron chi connectivity index (χ3n) is 2.26. The van der Waals surface area contributed by atoms with Crippen LogP contribution in [-0.4, -0.2) is 4.52 Å². The van der Waals surface area contributed by atoms with E-state index >= 15 is 0 Å². The topological polar surface area (TPSA) is 8.51 Å². The first-order valence-corrected chi connectivity index (χ1v) is 4.56. The van der Waals surface area contributed by atoms with E-state index in [1.165, 1.54) is 5.56 Å². The van der Waals surface area contributed by atoms with Gasteiger partial charge in [0.25, 0.3) is 0 Å². The van der Waals surface area contributed by atoms with Crippen LogP contribution >= 0.6 is 0 Å². The zero-order valence-electron chi connectivity index (χ0n) is 8.36. The van der Waals surface area contributed by atoms with E-state index in [9.17, 15) is 0 Å². The highest BCUT2D eigenvalue weighted by Gasteiger charge is 2.19. The van der Waals surface area contributed by atoms with Crippen LogP contribution in [0.1, 0.15) is 26.3 Å². The molecule has 0 aliphatic rings. The van der Waals surface area contributed by atoms with Crippen molar-refractivity contribution in [3.8, 4) is 0 Å². The van der Waals surface area contributed by atoms with Gasteiger partial charge >= 0.3 is 0 Å². The molecule has 0 saturated carbocycles. The predicted octanol–water partition coefficient (Wildman–Crippen LogP) is 1.82. The fourth-order valence-electron chi connectivity index (χ4n) is 1.35. The Morgan fingerprint density at radius 1 is 1.23 bits per heavy atom. The summed E-state index contributed by atoms with van der Waals surface area (Å²) in [6.45, 7) is 6.67. The third kappa shape index (κ3) is 1.44. The van der Waals surface area contributed by atoms with E-state index in [4.69, 9.17) is 0 Å². The normalized spacial score (nSPS) is 12.2. The van der Waals surface area contributed by atoms with Crippen LogP contribution in [0.5, 0.6) is 0 Å². The maximum absolute atomic E-state index is 2.22. The summed E-state index contributed by atoms with van der Waals surface area (Å²) in [5.41, 5.74) is 1.57. The van der Waals surface area contributed by atoms with Gasteiger partial charge in [-0.1, -0.05) is 25.3 Å². The van der Waals surface area contributed by atoms with Gasteiger partial charge in [0.1, 0.15) is 0 Å². The lowest BCUT2D eigenvalue weighted by atomic mass is 9.90. The molecule has 0 radical (unpaired) electrons. The number of hydrogen-bond donors (Lipinski definition) is 0. The highest BCUT2D eigenvalue weighted by atomic mass is 15.3. The molecule has 0 saturated heterocycles. The number of nitrogens with zero attached hydrogens (tertiary/aromatic N) is 2. The molecule has 2 nitrogen and oxygen atoms in total. The smallest absolute Gasteiger partial charge is 0.130 e. The summed E-state index contributed by atoms with van der Waals surface area (Å²) in [7, 11) is 0. The number of hydrogen-bond acceptors (Lipinski definition) is 0. The Morgan fingerprint density at radius 3 is 2.62 bits per heavy atom. The van der Waals surface area contributed by atoms with Gasteiger partial charge in [0.15, 0.2) is 0 Å². The zero-order valence-corrected chi connectivity index (χ0v) is 8.36. The minimum absolute atomic E-state index is 0.221. The molecule has 0 aliphatic carbocycles. The first-order valence-electron chi connectivity index (χ1n) is 4.56. The number of aromatic nitrogens is 2. The monoisotopic (exact) mass is 175 g/mol. The van der Waals surface area contributed by atoms with Crippen LogP contribution in [0, 0.1) is 0 Å². The molecular formula is C11H15N2+. The zero-order chi connectivity index (χ0) is 9.47. The quantitative estimate of drug-likeness (QED) is 0.540. The van der Waals surface area contributed by atoms with Crippen LogP contribution in [0.15, 0.2) is 36.9 Å². The molecular weight excluding hydrogens is 160 g/mol. The van der Waals surface area contributed by atoms with Gasteiger partial charge in [-0.25, -0.2) is 0 Å². The van der Waals surface area contributed by atoms with Crippen molar-refractivity contribution in [1.29, 1.82) is 0 Å². The highest BCUT2D eigenvalue weighted by Crippen LogP contribution is 2.19. The first-order chi connectivity index (χ1) is 6.07. The van der Waals surface area contributed by atoms with E-state index in [2.05, 4.69) is 54.6 Å². The van der Waals surface area contributed by atoms with E-state index in [0.717, 1.165) is 0 Å². The van der Waals surface area contributed by atoms with Crippen LogP contribution in [0.25, 0.3) is 0 Å². The van der Waals surface area contributed by atoms with Crippen molar-refractivity contribution in [3.05, 3.63) is 42.5 Å². The molecule has 2 heteroatoms. The molecule has 0 aliphatic heterocycles. The molecule has 0 atom stereocenters. The summed E-state index contributed by atoms with van der Waals surface area (Å²) in [6.07, 6.45) is 8.43. The molecule has 0 unspecified atom stereocenters. The molecule has 2 aromatic heterocycles. The summed E-state index contributed by atoms with van der Waals surface area (Å²) in [6, 6.07) is 4.07. The van der Waals surface area contributed by atoms with E-state index in [0.29, 0.717) is 0 Å². The number of rotatable bonds is 0. The average molecular weight is 175 g/mol. The minimum Gasteiger partial charge on any atom is -0.130 e. The lowest BCUT2D eigenvalue weighted by molar-refractivity contribution is -0.617. The Bertz CT molecular complexity index is 388. The van der Waals surface area contributed by atoms with E-state index < -0.39 is 0 Å². The summed E-state index contributed by atoms with van der Waals surface area (Å²) in [4.78, 5) is 0. The van der Waals surface area contributed by atoms with E-state index in [-0.39, 0.29) is 5.41 Å². The van der Waals surface area contributed by atoms with Crippen LogP contribution < -0.4 is 4.52 Å². The van der Waals surface area contributed by atoms with Crippen LogP contribution in [0.3, 0.4) is 0 Å². The van der Waals surface area contributed by atoms with Gasteiger partial charge in [0.05, 0.1) is 12.4 Å². The largest absolute Gasteiger partial charge is 0.205 e. The van der Waals surface area contributed by atoms with Crippen molar-refractivity contribution in [2.45, 2.75) is 26.2 Å². The van der Waals surface area contributed by atoms with Crippen molar-refractivity contribution >= 4 is 0 Å².